The molecule has 0 bridgehead atoms. The van der Waals surface area contributed by atoms with Gasteiger partial charge in [0, 0.05) is 6.04 Å². The smallest absolute Gasteiger partial charge is 0.00683 e. The van der Waals surface area contributed by atoms with Gasteiger partial charge in [-0.25, -0.2) is 0 Å². The summed E-state index contributed by atoms with van der Waals surface area (Å²) >= 11 is 0. The maximum Gasteiger partial charge on any atom is 0.00683 e. The van der Waals surface area contributed by atoms with Crippen molar-refractivity contribution in [2.45, 2.75) is 39.2 Å². The van der Waals surface area contributed by atoms with Gasteiger partial charge >= 0.3 is 0 Å². The summed E-state index contributed by atoms with van der Waals surface area (Å²) in [4.78, 5) is 0. The molecule has 0 radical (unpaired) electrons. The number of hydrogen-bond donors (Lipinski definition) is 1. The van der Waals surface area contributed by atoms with Gasteiger partial charge in [-0.3, -0.25) is 0 Å². The lowest BCUT2D eigenvalue weighted by Gasteiger charge is -2.03. The average Bonchev–Trinajstić information content (AvgIpc) is 2.65. The van der Waals surface area contributed by atoms with Crippen molar-refractivity contribution in [2.75, 3.05) is 6.54 Å². The molecule has 1 atom stereocenters. The Kier molecular flexibility index (Phi) is 1.31. The lowest BCUT2D eigenvalue weighted by atomic mass is 10.1. The molecule has 0 saturated heterocycles. The van der Waals surface area contributed by atoms with E-state index in [-0.39, 0.29) is 0 Å². The molecule has 1 N–H and O–H groups in total. The van der Waals surface area contributed by atoms with Crippen LogP contribution < -0.4 is 5.32 Å². The fraction of sp³-hybridized carbons (Fsp3) is 1.00. The standard InChI is InChI=1S/C9H17N/c1-9(2)5-7(9)6-10-8-3-4-8/h7-8,10H,3-6H2,1-2H3. The summed E-state index contributed by atoms with van der Waals surface area (Å²) in [5.74, 6) is 0.980. The third-order valence-electron chi connectivity index (χ3n) is 2.95. The summed E-state index contributed by atoms with van der Waals surface area (Å²) in [5.41, 5.74) is 0.669. The molecule has 0 aromatic carbocycles. The largest absolute Gasteiger partial charge is 0.314 e. The van der Waals surface area contributed by atoms with Gasteiger partial charge in [0.25, 0.3) is 0 Å². The van der Waals surface area contributed by atoms with Crippen LogP contribution in [0.5, 0.6) is 0 Å². The lowest BCUT2D eigenvalue weighted by Crippen LogP contribution is -2.20. The van der Waals surface area contributed by atoms with Crippen LogP contribution in [0.3, 0.4) is 0 Å². The van der Waals surface area contributed by atoms with E-state index in [2.05, 4.69) is 19.2 Å². The van der Waals surface area contributed by atoms with Gasteiger partial charge in [-0.1, -0.05) is 13.8 Å². The molecule has 1 unspecified atom stereocenters. The van der Waals surface area contributed by atoms with Crippen molar-refractivity contribution in [2.24, 2.45) is 11.3 Å². The molecule has 58 valence electrons. The van der Waals surface area contributed by atoms with Crippen molar-refractivity contribution in [3.05, 3.63) is 0 Å². The van der Waals surface area contributed by atoms with E-state index in [1.54, 1.807) is 0 Å². The predicted molar refractivity (Wildman–Crippen MR) is 42.9 cm³/mol. The summed E-state index contributed by atoms with van der Waals surface area (Å²) in [6, 6.07) is 0.899. The average molecular weight is 139 g/mol. The molecule has 0 heterocycles. The minimum Gasteiger partial charge on any atom is -0.314 e. The topological polar surface area (TPSA) is 12.0 Å². The first-order valence-electron chi connectivity index (χ1n) is 4.42. The zero-order valence-corrected chi connectivity index (χ0v) is 6.98. The third kappa shape index (κ3) is 1.34. The molecule has 0 aliphatic heterocycles. The molecule has 2 fully saturated rings. The first kappa shape index (κ1) is 6.66. The van der Waals surface area contributed by atoms with E-state index >= 15 is 0 Å². The molecule has 0 aromatic heterocycles. The Morgan fingerprint density at radius 2 is 2.00 bits per heavy atom. The molecule has 2 aliphatic rings. The SMILES string of the molecule is CC1(C)CC1CNC1CC1. The summed E-state index contributed by atoms with van der Waals surface area (Å²) in [6.45, 7) is 6.01. The predicted octanol–water partition coefficient (Wildman–Crippen LogP) is 1.78. The summed E-state index contributed by atoms with van der Waals surface area (Å²) < 4.78 is 0. The van der Waals surface area contributed by atoms with Crippen molar-refractivity contribution in [1.82, 2.24) is 5.32 Å². The second-order valence-electron chi connectivity index (χ2n) is 4.57. The molecule has 0 amide bonds. The Morgan fingerprint density at radius 3 is 2.40 bits per heavy atom. The van der Waals surface area contributed by atoms with Crippen LogP contribution in [0, 0.1) is 11.3 Å². The molecule has 2 rings (SSSR count). The van der Waals surface area contributed by atoms with Crippen LogP contribution in [0.15, 0.2) is 0 Å². The second-order valence-corrected chi connectivity index (χ2v) is 4.57. The van der Waals surface area contributed by atoms with Crippen molar-refractivity contribution < 1.29 is 0 Å². The highest BCUT2D eigenvalue weighted by Gasteiger charge is 2.45. The first-order chi connectivity index (χ1) is 4.68. The lowest BCUT2D eigenvalue weighted by molar-refractivity contribution is 0.518. The normalized spacial score (nSPS) is 36.0. The minimum absolute atomic E-state index is 0.669. The van der Waals surface area contributed by atoms with E-state index in [4.69, 9.17) is 0 Å². The zero-order valence-electron chi connectivity index (χ0n) is 6.98. The number of hydrogen-bond acceptors (Lipinski definition) is 1. The Labute approximate surface area is 63.2 Å². The summed E-state index contributed by atoms with van der Waals surface area (Å²) in [6.07, 6.45) is 4.28. The van der Waals surface area contributed by atoms with Crippen molar-refractivity contribution >= 4 is 0 Å². The van der Waals surface area contributed by atoms with Gasteiger partial charge in [-0.05, 0) is 37.1 Å². The van der Waals surface area contributed by atoms with E-state index in [1.165, 1.54) is 25.8 Å². The second kappa shape index (κ2) is 1.97. The quantitative estimate of drug-likeness (QED) is 0.628. The van der Waals surface area contributed by atoms with Crippen LogP contribution in [0.25, 0.3) is 0 Å². The van der Waals surface area contributed by atoms with E-state index in [0.29, 0.717) is 5.41 Å². The Morgan fingerprint density at radius 1 is 1.40 bits per heavy atom. The monoisotopic (exact) mass is 139 g/mol. The molecule has 1 heteroatoms. The van der Waals surface area contributed by atoms with Crippen LogP contribution in [0.1, 0.15) is 33.1 Å². The molecule has 1 nitrogen and oxygen atoms in total. The van der Waals surface area contributed by atoms with Gasteiger partial charge < -0.3 is 5.32 Å². The highest BCUT2D eigenvalue weighted by Crippen LogP contribution is 2.51. The fourth-order valence-corrected chi connectivity index (χ4v) is 1.52. The number of nitrogens with one attached hydrogen (secondary N) is 1. The Hall–Kier alpha value is -0.0400. The summed E-state index contributed by atoms with van der Waals surface area (Å²) in [7, 11) is 0. The Balaban J connectivity index is 1.64. The van der Waals surface area contributed by atoms with E-state index in [1.807, 2.05) is 0 Å². The van der Waals surface area contributed by atoms with Crippen molar-refractivity contribution in [3.63, 3.8) is 0 Å². The van der Waals surface area contributed by atoms with Gasteiger partial charge in [0.2, 0.25) is 0 Å². The van der Waals surface area contributed by atoms with E-state index in [9.17, 15) is 0 Å². The fourth-order valence-electron chi connectivity index (χ4n) is 1.52. The van der Waals surface area contributed by atoms with Gasteiger partial charge in [0.1, 0.15) is 0 Å². The molecule has 0 spiro atoms. The van der Waals surface area contributed by atoms with Crippen LogP contribution in [0.4, 0.5) is 0 Å². The van der Waals surface area contributed by atoms with Gasteiger partial charge in [-0.2, -0.15) is 0 Å². The van der Waals surface area contributed by atoms with Crippen LogP contribution in [0.2, 0.25) is 0 Å². The first-order valence-corrected chi connectivity index (χ1v) is 4.42. The molecular formula is C9H17N. The summed E-state index contributed by atoms with van der Waals surface area (Å²) in [5, 5.41) is 3.57. The molecule has 2 aliphatic carbocycles. The Bertz CT molecular complexity index is 136. The van der Waals surface area contributed by atoms with Gasteiger partial charge in [0.15, 0.2) is 0 Å². The van der Waals surface area contributed by atoms with Crippen LogP contribution >= 0.6 is 0 Å². The van der Waals surface area contributed by atoms with E-state index in [0.717, 1.165) is 12.0 Å². The molecule has 0 aromatic rings. The molecule has 2 saturated carbocycles. The van der Waals surface area contributed by atoms with Gasteiger partial charge in [0.05, 0.1) is 0 Å². The third-order valence-corrected chi connectivity index (χ3v) is 2.95. The highest BCUT2D eigenvalue weighted by atomic mass is 15.0. The van der Waals surface area contributed by atoms with Crippen LogP contribution in [-0.2, 0) is 0 Å². The van der Waals surface area contributed by atoms with Crippen molar-refractivity contribution in [1.29, 1.82) is 0 Å². The maximum atomic E-state index is 3.57. The highest BCUT2D eigenvalue weighted by molar-refractivity contribution is 4.97. The molecular weight excluding hydrogens is 122 g/mol. The number of rotatable bonds is 3. The van der Waals surface area contributed by atoms with Crippen molar-refractivity contribution in [3.8, 4) is 0 Å². The van der Waals surface area contributed by atoms with E-state index < -0.39 is 0 Å². The maximum absolute atomic E-state index is 3.57. The van der Waals surface area contributed by atoms with Crippen LogP contribution in [-0.4, -0.2) is 12.6 Å². The molecule has 10 heavy (non-hydrogen) atoms. The zero-order chi connectivity index (χ0) is 7.19. The minimum atomic E-state index is 0.669. The van der Waals surface area contributed by atoms with Gasteiger partial charge in [-0.15, -0.1) is 0 Å².